The Kier molecular flexibility index (Phi) is 5.40. The van der Waals surface area contributed by atoms with Gasteiger partial charge in [-0.1, -0.05) is 25.1 Å². The number of para-hydroxylation sites is 1. The molecule has 0 bridgehead atoms. The summed E-state index contributed by atoms with van der Waals surface area (Å²) in [5.41, 5.74) is 5.82. The summed E-state index contributed by atoms with van der Waals surface area (Å²) < 4.78 is 22.0. The minimum Gasteiger partial charge on any atom is -0.493 e. The maximum atomic E-state index is 14.2. The predicted octanol–water partition coefficient (Wildman–Crippen LogP) is 6.46. The van der Waals surface area contributed by atoms with Gasteiger partial charge in [0.25, 0.3) is 0 Å². The summed E-state index contributed by atoms with van der Waals surface area (Å²) in [6.07, 6.45) is 4.80. The van der Waals surface area contributed by atoms with E-state index < -0.39 is 0 Å². The average molecular weight is 470 g/mol. The van der Waals surface area contributed by atoms with E-state index in [9.17, 15) is 4.39 Å². The summed E-state index contributed by atoms with van der Waals surface area (Å²) in [5, 5.41) is 5.98. The number of hydrogen-bond acceptors (Lipinski definition) is 4. The van der Waals surface area contributed by atoms with Crippen molar-refractivity contribution in [2.45, 2.75) is 39.2 Å². The minimum atomic E-state index is -0.242. The van der Waals surface area contributed by atoms with Crippen LogP contribution in [0.3, 0.4) is 0 Å². The molecule has 35 heavy (non-hydrogen) atoms. The maximum absolute atomic E-state index is 14.2. The highest BCUT2D eigenvalue weighted by Gasteiger charge is 2.30. The van der Waals surface area contributed by atoms with Gasteiger partial charge in [0.2, 0.25) is 0 Å². The lowest BCUT2D eigenvalue weighted by molar-refractivity contribution is 0.311. The first-order valence-electron chi connectivity index (χ1n) is 12.3. The van der Waals surface area contributed by atoms with E-state index in [1.165, 1.54) is 17.0 Å². The molecule has 1 unspecified atom stereocenters. The molecule has 0 saturated carbocycles. The highest BCUT2D eigenvalue weighted by Crippen LogP contribution is 2.40. The lowest BCUT2D eigenvalue weighted by Crippen LogP contribution is -2.24. The number of nitrogens with zero attached hydrogens (tertiary/aromatic N) is 4. The highest BCUT2D eigenvalue weighted by molar-refractivity contribution is 5.90. The fourth-order valence-corrected chi connectivity index (χ4v) is 5.18. The van der Waals surface area contributed by atoms with Gasteiger partial charge in [0.05, 0.1) is 18.3 Å². The molecule has 1 atom stereocenters. The number of ether oxygens (including phenoxy) is 1. The molecule has 0 spiro atoms. The molecule has 6 nitrogen and oxygen atoms in total. The molecule has 0 radical (unpaired) electrons. The van der Waals surface area contributed by atoms with Crippen LogP contribution in [0.5, 0.6) is 5.75 Å². The molecule has 1 N–H and O–H groups in total. The number of aromatic amines is 1. The monoisotopic (exact) mass is 469 g/mol. The van der Waals surface area contributed by atoms with Crippen molar-refractivity contribution in [2.75, 3.05) is 18.1 Å². The van der Waals surface area contributed by atoms with Gasteiger partial charge in [-0.15, -0.1) is 0 Å². The Morgan fingerprint density at radius 1 is 1.14 bits per heavy atom. The Labute approximate surface area is 203 Å². The Hall–Kier alpha value is -3.87. The second-order valence-electron chi connectivity index (χ2n) is 9.17. The first-order chi connectivity index (χ1) is 17.1. The fraction of sp³-hybridized carbons (Fsp3) is 0.286. The van der Waals surface area contributed by atoms with Gasteiger partial charge in [0.1, 0.15) is 23.1 Å². The van der Waals surface area contributed by atoms with Crippen molar-refractivity contribution in [3.8, 4) is 17.1 Å². The van der Waals surface area contributed by atoms with E-state index in [1.54, 1.807) is 12.1 Å². The van der Waals surface area contributed by atoms with Crippen molar-refractivity contribution in [1.29, 1.82) is 0 Å². The van der Waals surface area contributed by atoms with Gasteiger partial charge >= 0.3 is 0 Å². The molecule has 0 amide bonds. The quantitative estimate of drug-likeness (QED) is 0.310. The molecule has 178 valence electrons. The number of anilines is 1. The predicted molar refractivity (Wildman–Crippen MR) is 137 cm³/mol. The van der Waals surface area contributed by atoms with E-state index in [-0.39, 0.29) is 11.9 Å². The number of aromatic nitrogens is 4. The topological polar surface area (TPSA) is 58.5 Å². The van der Waals surface area contributed by atoms with Crippen molar-refractivity contribution >= 4 is 22.4 Å². The Balaban J connectivity index is 1.36. The number of aryl methyl sites for hydroxylation is 1. The zero-order valence-corrected chi connectivity index (χ0v) is 20.0. The van der Waals surface area contributed by atoms with E-state index >= 15 is 0 Å². The number of H-pyrrole nitrogens is 1. The molecule has 2 aromatic carbocycles. The highest BCUT2D eigenvalue weighted by atomic mass is 19.1. The number of fused-ring (bicyclic) bond motifs is 2. The van der Waals surface area contributed by atoms with E-state index in [2.05, 4.69) is 35.9 Å². The number of hydrogen-bond donors (Lipinski definition) is 1. The zero-order valence-electron chi connectivity index (χ0n) is 20.0. The van der Waals surface area contributed by atoms with Crippen molar-refractivity contribution in [3.63, 3.8) is 0 Å². The molecule has 7 heteroatoms. The SMILES string of the molecule is CCCOc1ccc(F)cc1C1CCCN1c1ccn2nc(-c3[nH]c4ccccc4c3C)cc2n1. The standard InChI is InChI=1S/C28H28FN5O/c1-3-15-35-25-11-10-19(29)16-21(25)24-9-6-13-33(24)26-12-14-34-27(31-26)17-23(32-34)28-18(2)20-7-4-5-8-22(20)30-28/h4-5,7-8,10-12,14,16-17,24,30H,3,6,9,13,15H2,1-2H3. The van der Waals surface area contributed by atoms with Crippen LogP contribution in [0.25, 0.3) is 27.9 Å². The third-order valence-electron chi connectivity index (χ3n) is 6.87. The number of rotatable bonds is 6. The van der Waals surface area contributed by atoms with Gasteiger partial charge in [-0.25, -0.2) is 13.9 Å². The molecule has 3 aromatic heterocycles. The molecule has 1 aliphatic heterocycles. The van der Waals surface area contributed by atoms with Gasteiger partial charge in [-0.05, 0) is 62.1 Å². The van der Waals surface area contributed by atoms with E-state index in [0.29, 0.717) is 6.61 Å². The van der Waals surface area contributed by atoms with Gasteiger partial charge in [-0.3, -0.25) is 0 Å². The summed E-state index contributed by atoms with van der Waals surface area (Å²) in [6, 6.07) is 17.1. The molecule has 1 fully saturated rings. The first kappa shape index (κ1) is 21.6. The zero-order chi connectivity index (χ0) is 23.9. The molecule has 1 aliphatic rings. The third kappa shape index (κ3) is 3.81. The third-order valence-corrected chi connectivity index (χ3v) is 6.87. The lowest BCUT2D eigenvalue weighted by Gasteiger charge is -2.27. The molecule has 1 saturated heterocycles. The number of nitrogens with one attached hydrogen (secondary N) is 1. The van der Waals surface area contributed by atoms with E-state index in [0.717, 1.165) is 65.5 Å². The number of benzene rings is 2. The van der Waals surface area contributed by atoms with Crippen LogP contribution in [0.4, 0.5) is 10.2 Å². The van der Waals surface area contributed by atoms with E-state index in [4.69, 9.17) is 14.8 Å². The van der Waals surface area contributed by atoms with Crippen LogP contribution in [-0.4, -0.2) is 32.7 Å². The molecule has 0 aliphatic carbocycles. The van der Waals surface area contributed by atoms with Crippen molar-refractivity contribution in [2.24, 2.45) is 0 Å². The fourth-order valence-electron chi connectivity index (χ4n) is 5.18. The molecule has 4 heterocycles. The van der Waals surface area contributed by atoms with Gasteiger partial charge < -0.3 is 14.6 Å². The molecular weight excluding hydrogens is 441 g/mol. The normalized spacial score (nSPS) is 16.0. The molecule has 5 aromatic rings. The second kappa shape index (κ2) is 8.73. The van der Waals surface area contributed by atoms with Crippen molar-refractivity contribution < 1.29 is 9.13 Å². The summed E-state index contributed by atoms with van der Waals surface area (Å²) in [4.78, 5) is 10.7. The summed E-state index contributed by atoms with van der Waals surface area (Å²) in [5.74, 6) is 1.38. The van der Waals surface area contributed by atoms with Gasteiger partial charge in [-0.2, -0.15) is 5.10 Å². The summed E-state index contributed by atoms with van der Waals surface area (Å²) in [6.45, 7) is 5.66. The second-order valence-corrected chi connectivity index (χ2v) is 9.17. The smallest absolute Gasteiger partial charge is 0.158 e. The van der Waals surface area contributed by atoms with Crippen LogP contribution in [0.1, 0.15) is 43.4 Å². The molecular formula is C28H28FN5O. The van der Waals surface area contributed by atoms with Crippen LogP contribution >= 0.6 is 0 Å². The van der Waals surface area contributed by atoms with Crippen LogP contribution in [0.2, 0.25) is 0 Å². The summed E-state index contributed by atoms with van der Waals surface area (Å²) >= 11 is 0. The van der Waals surface area contributed by atoms with Crippen LogP contribution < -0.4 is 9.64 Å². The van der Waals surface area contributed by atoms with Gasteiger partial charge in [0.15, 0.2) is 5.65 Å². The maximum Gasteiger partial charge on any atom is 0.158 e. The Morgan fingerprint density at radius 2 is 2.03 bits per heavy atom. The Bertz CT molecular complexity index is 1520. The first-order valence-corrected chi connectivity index (χ1v) is 12.3. The van der Waals surface area contributed by atoms with Gasteiger partial charge in [0, 0.05) is 35.3 Å². The van der Waals surface area contributed by atoms with Crippen molar-refractivity contribution in [1.82, 2.24) is 19.6 Å². The lowest BCUT2D eigenvalue weighted by atomic mass is 10.0. The van der Waals surface area contributed by atoms with Crippen LogP contribution in [0.15, 0.2) is 60.8 Å². The van der Waals surface area contributed by atoms with Crippen molar-refractivity contribution in [3.05, 3.63) is 77.7 Å². The van der Waals surface area contributed by atoms with Crippen LogP contribution in [0, 0.1) is 12.7 Å². The van der Waals surface area contributed by atoms with E-state index in [1.807, 2.05) is 35.0 Å². The Morgan fingerprint density at radius 3 is 2.89 bits per heavy atom. The minimum absolute atomic E-state index is 0.0193. The largest absolute Gasteiger partial charge is 0.493 e. The molecule has 6 rings (SSSR count). The average Bonchev–Trinajstić information content (AvgIpc) is 3.60. The van der Waals surface area contributed by atoms with Crippen LogP contribution in [-0.2, 0) is 0 Å². The summed E-state index contributed by atoms with van der Waals surface area (Å²) in [7, 11) is 0. The number of halogens is 1.